The number of rotatable bonds is 10. The first-order valence-electron chi connectivity index (χ1n) is 6.72. The van der Waals surface area contributed by atoms with Crippen LogP contribution in [0.1, 0.15) is 38.5 Å². The van der Waals surface area contributed by atoms with Gasteiger partial charge < -0.3 is 19.2 Å². The van der Waals surface area contributed by atoms with E-state index in [1.807, 2.05) is 19.9 Å². The molecule has 0 aliphatic carbocycles. The summed E-state index contributed by atoms with van der Waals surface area (Å²) in [6.07, 6.45) is 3.02. The van der Waals surface area contributed by atoms with E-state index in [-0.39, 0.29) is 6.10 Å². The maximum absolute atomic E-state index is 5.63. The second-order valence-electron chi connectivity index (χ2n) is 4.38. The van der Waals surface area contributed by atoms with Crippen molar-refractivity contribution in [2.45, 2.75) is 46.4 Å². The lowest BCUT2D eigenvalue weighted by molar-refractivity contribution is -0.0170. The number of nitrogens with one attached hydrogen (secondary N) is 1. The van der Waals surface area contributed by atoms with Crippen LogP contribution < -0.4 is 5.32 Å². The second kappa shape index (κ2) is 9.14. The average Bonchev–Trinajstić information content (AvgIpc) is 2.82. The summed E-state index contributed by atoms with van der Waals surface area (Å²) in [5.74, 6) is 0.867. The van der Waals surface area contributed by atoms with Gasteiger partial charge in [0, 0.05) is 18.7 Å². The summed E-state index contributed by atoms with van der Waals surface area (Å²) in [5, 5.41) is 3.34. The van der Waals surface area contributed by atoms with Gasteiger partial charge in [-0.15, -0.1) is 0 Å². The Balaban J connectivity index is 2.22. The molecule has 18 heavy (non-hydrogen) atoms. The summed E-state index contributed by atoms with van der Waals surface area (Å²) in [7, 11) is 0. The minimum atomic E-state index is 0.0942. The third-order valence-electron chi connectivity index (χ3n) is 2.53. The molecule has 0 saturated carbocycles. The van der Waals surface area contributed by atoms with Crippen molar-refractivity contribution >= 4 is 0 Å². The highest BCUT2D eigenvalue weighted by molar-refractivity contribution is 5.11. The highest BCUT2D eigenvalue weighted by atomic mass is 16.5. The zero-order valence-corrected chi connectivity index (χ0v) is 11.7. The van der Waals surface area contributed by atoms with Gasteiger partial charge in [-0.2, -0.15) is 0 Å². The first kappa shape index (κ1) is 15.2. The lowest BCUT2D eigenvalue weighted by Crippen LogP contribution is -2.15. The van der Waals surface area contributed by atoms with Crippen molar-refractivity contribution in [1.82, 2.24) is 5.32 Å². The number of ether oxygens (including phenoxy) is 2. The zero-order chi connectivity index (χ0) is 13.2. The molecule has 1 unspecified atom stereocenters. The average molecular weight is 255 g/mol. The van der Waals surface area contributed by atoms with Gasteiger partial charge in [-0.3, -0.25) is 0 Å². The van der Waals surface area contributed by atoms with E-state index in [0.29, 0.717) is 13.2 Å². The highest BCUT2D eigenvalue weighted by Crippen LogP contribution is 2.10. The van der Waals surface area contributed by atoms with Crippen LogP contribution in [0.15, 0.2) is 16.7 Å². The molecule has 0 amide bonds. The largest absolute Gasteiger partial charge is 0.467 e. The predicted molar refractivity (Wildman–Crippen MR) is 71.4 cm³/mol. The monoisotopic (exact) mass is 255 g/mol. The summed E-state index contributed by atoms with van der Waals surface area (Å²) in [6.45, 7) is 9.87. The van der Waals surface area contributed by atoms with E-state index in [1.165, 1.54) is 5.56 Å². The van der Waals surface area contributed by atoms with Gasteiger partial charge in [0.05, 0.1) is 19.0 Å². The Morgan fingerprint density at radius 1 is 1.39 bits per heavy atom. The first-order valence-corrected chi connectivity index (χ1v) is 6.72. The Bertz CT molecular complexity index is 312. The maximum atomic E-state index is 5.63. The van der Waals surface area contributed by atoms with E-state index >= 15 is 0 Å². The van der Waals surface area contributed by atoms with E-state index < -0.39 is 0 Å². The van der Waals surface area contributed by atoms with Gasteiger partial charge in [0.15, 0.2) is 0 Å². The molecule has 0 aromatic carbocycles. The van der Waals surface area contributed by atoms with Crippen LogP contribution in [0.4, 0.5) is 0 Å². The Kier molecular flexibility index (Phi) is 7.73. The van der Waals surface area contributed by atoms with Crippen LogP contribution in [0, 0.1) is 0 Å². The first-order chi connectivity index (χ1) is 8.76. The predicted octanol–water partition coefficient (Wildman–Crippen LogP) is 2.72. The molecule has 0 fully saturated rings. The van der Waals surface area contributed by atoms with Crippen molar-refractivity contribution in [3.63, 3.8) is 0 Å². The number of hydrogen-bond acceptors (Lipinski definition) is 4. The maximum Gasteiger partial charge on any atom is 0.129 e. The summed E-state index contributed by atoms with van der Waals surface area (Å²) in [5.41, 5.74) is 1.17. The molecule has 1 N–H and O–H groups in total. The fourth-order valence-corrected chi connectivity index (χ4v) is 1.56. The van der Waals surface area contributed by atoms with Crippen LogP contribution in [0.5, 0.6) is 0 Å². The van der Waals surface area contributed by atoms with Crippen LogP contribution in [0.2, 0.25) is 0 Å². The van der Waals surface area contributed by atoms with Gasteiger partial charge in [0.1, 0.15) is 12.4 Å². The third-order valence-corrected chi connectivity index (χ3v) is 2.53. The minimum Gasteiger partial charge on any atom is -0.467 e. The SMILES string of the molecule is CCCNCc1coc(COC(C)COCC)c1. The summed E-state index contributed by atoms with van der Waals surface area (Å²) >= 11 is 0. The fraction of sp³-hybridized carbons (Fsp3) is 0.714. The third kappa shape index (κ3) is 6.19. The van der Waals surface area contributed by atoms with Gasteiger partial charge in [-0.1, -0.05) is 6.92 Å². The Morgan fingerprint density at radius 3 is 2.94 bits per heavy atom. The summed E-state index contributed by atoms with van der Waals surface area (Å²) in [4.78, 5) is 0. The minimum absolute atomic E-state index is 0.0942. The lowest BCUT2D eigenvalue weighted by atomic mass is 10.3. The topological polar surface area (TPSA) is 43.6 Å². The normalized spacial score (nSPS) is 12.8. The summed E-state index contributed by atoms with van der Waals surface area (Å²) < 4.78 is 16.4. The van der Waals surface area contributed by atoms with E-state index in [1.54, 1.807) is 6.26 Å². The van der Waals surface area contributed by atoms with Crippen LogP contribution in [0.3, 0.4) is 0 Å². The van der Waals surface area contributed by atoms with Gasteiger partial charge in [-0.05, 0) is 32.9 Å². The van der Waals surface area contributed by atoms with E-state index in [0.717, 1.165) is 31.9 Å². The summed E-state index contributed by atoms with van der Waals surface area (Å²) in [6, 6.07) is 2.04. The van der Waals surface area contributed by atoms with Crippen molar-refractivity contribution in [3.05, 3.63) is 23.7 Å². The van der Waals surface area contributed by atoms with E-state index in [9.17, 15) is 0 Å². The van der Waals surface area contributed by atoms with Crippen LogP contribution in [-0.2, 0) is 22.6 Å². The highest BCUT2D eigenvalue weighted by Gasteiger charge is 2.06. The molecule has 0 spiro atoms. The fourth-order valence-electron chi connectivity index (χ4n) is 1.56. The van der Waals surface area contributed by atoms with Crippen molar-refractivity contribution in [1.29, 1.82) is 0 Å². The molecular formula is C14H25NO3. The van der Waals surface area contributed by atoms with Crippen molar-refractivity contribution in [2.24, 2.45) is 0 Å². The van der Waals surface area contributed by atoms with Crippen LogP contribution in [-0.4, -0.2) is 25.9 Å². The molecule has 1 rings (SSSR count). The molecule has 1 aromatic heterocycles. The Morgan fingerprint density at radius 2 is 2.22 bits per heavy atom. The van der Waals surface area contributed by atoms with Gasteiger partial charge in [0.2, 0.25) is 0 Å². The van der Waals surface area contributed by atoms with Gasteiger partial charge in [0.25, 0.3) is 0 Å². The van der Waals surface area contributed by atoms with E-state index in [4.69, 9.17) is 13.9 Å². The van der Waals surface area contributed by atoms with Crippen LogP contribution >= 0.6 is 0 Å². The smallest absolute Gasteiger partial charge is 0.129 e. The van der Waals surface area contributed by atoms with E-state index in [2.05, 4.69) is 12.2 Å². The van der Waals surface area contributed by atoms with Crippen molar-refractivity contribution in [2.75, 3.05) is 19.8 Å². The quantitative estimate of drug-likeness (QED) is 0.653. The van der Waals surface area contributed by atoms with Gasteiger partial charge >= 0.3 is 0 Å². The molecule has 0 aliphatic heterocycles. The molecule has 0 bridgehead atoms. The molecule has 104 valence electrons. The second-order valence-corrected chi connectivity index (χ2v) is 4.38. The van der Waals surface area contributed by atoms with Crippen molar-refractivity contribution in [3.8, 4) is 0 Å². The van der Waals surface area contributed by atoms with Gasteiger partial charge in [-0.25, -0.2) is 0 Å². The molecule has 4 heteroatoms. The zero-order valence-electron chi connectivity index (χ0n) is 11.7. The Hall–Kier alpha value is -0.840. The molecule has 0 radical (unpaired) electrons. The van der Waals surface area contributed by atoms with Crippen LogP contribution in [0.25, 0.3) is 0 Å². The molecule has 1 aromatic rings. The molecule has 0 aliphatic rings. The molecular weight excluding hydrogens is 230 g/mol. The molecule has 0 saturated heterocycles. The standard InChI is InChI=1S/C14H25NO3/c1-4-6-15-8-13-7-14(18-10-13)11-17-12(3)9-16-5-2/h7,10,12,15H,4-6,8-9,11H2,1-3H3. The van der Waals surface area contributed by atoms with Crippen molar-refractivity contribution < 1.29 is 13.9 Å². The molecule has 1 atom stereocenters. The molecule has 4 nitrogen and oxygen atoms in total. The molecule has 1 heterocycles. The number of hydrogen-bond donors (Lipinski definition) is 1. The Labute approximate surface area is 110 Å². The number of furan rings is 1. The lowest BCUT2D eigenvalue weighted by Gasteiger charge is -2.11.